The van der Waals surface area contributed by atoms with Crippen LogP contribution in [0, 0.1) is 0 Å². The number of nitrogens with zero attached hydrogens (tertiary/aromatic N) is 6. The first-order chi connectivity index (χ1) is 45.1. The van der Waals surface area contributed by atoms with Gasteiger partial charge in [0, 0.05) is 67.5 Å². The molecule has 0 unspecified atom stereocenters. The van der Waals surface area contributed by atoms with Crippen molar-refractivity contribution < 1.29 is 37.9 Å². The maximum Gasteiger partial charge on any atom is 0.261 e. The van der Waals surface area contributed by atoms with E-state index in [1.54, 1.807) is 56.9 Å². The van der Waals surface area contributed by atoms with Gasteiger partial charge in [0.15, 0.2) is 23.0 Å². The molecule has 0 radical (unpaired) electrons. The zero-order chi connectivity index (χ0) is 63.0. The van der Waals surface area contributed by atoms with Crippen molar-refractivity contribution in [1.82, 2.24) is 9.55 Å². The number of ether oxygens (including phenoxy) is 8. The summed E-state index contributed by atoms with van der Waals surface area (Å²) in [4.78, 5) is 23.0. The molecule has 10 aromatic carbocycles. The summed E-state index contributed by atoms with van der Waals surface area (Å²) in [6, 6.07) is 75.5. The Hall–Kier alpha value is -11.3. The molecule has 3 aliphatic rings. The summed E-state index contributed by atoms with van der Waals surface area (Å²) in [5.74, 6) is 4.51. The predicted octanol–water partition coefficient (Wildman–Crippen LogP) is 16.7. The number of methoxy groups -OCH3 is 8. The van der Waals surface area contributed by atoms with Crippen LogP contribution < -0.4 is 47.7 Å². The number of hydrogen-bond acceptors (Lipinski definition) is 13. The first-order valence-electron chi connectivity index (χ1n) is 30.5. The van der Waals surface area contributed by atoms with E-state index in [2.05, 4.69) is 154 Å². The molecule has 3 aliphatic heterocycles. The molecule has 0 fully saturated rings. The van der Waals surface area contributed by atoms with Gasteiger partial charge in [0.1, 0.15) is 28.8 Å². The van der Waals surface area contributed by atoms with E-state index in [0.29, 0.717) is 45.9 Å². The molecule has 0 aliphatic carbocycles. The van der Waals surface area contributed by atoms with E-state index in [1.165, 1.54) is 16.7 Å². The van der Waals surface area contributed by atoms with E-state index in [-0.39, 0.29) is 0 Å². The van der Waals surface area contributed by atoms with Crippen molar-refractivity contribution >= 4 is 45.5 Å². The Bertz CT molecular complexity index is 4350. The highest BCUT2D eigenvalue weighted by molar-refractivity contribution is 6.54. The van der Waals surface area contributed by atoms with Gasteiger partial charge in [0.2, 0.25) is 0 Å². The molecule has 458 valence electrons. The maximum atomic E-state index is 6.30. The minimum Gasteiger partial charge on any atom is -0.497 e. The number of aromatic nitrogens is 2. The lowest BCUT2D eigenvalue weighted by atomic mass is 9.90. The molecule has 0 amide bonds. The quantitative estimate of drug-likeness (QED) is 0.0816. The number of aliphatic imine (C=N–C) groups is 2. The molecule has 4 bridgehead atoms. The summed E-state index contributed by atoms with van der Waals surface area (Å²) in [5.41, 5.74) is 18.4. The zero-order valence-corrected chi connectivity index (χ0v) is 52.6. The van der Waals surface area contributed by atoms with Crippen LogP contribution in [0.2, 0.25) is 0 Å². The Morgan fingerprint density at radius 1 is 0.337 bits per heavy atom. The van der Waals surface area contributed by atoms with Crippen LogP contribution in [0.25, 0.3) is 33.9 Å². The maximum absolute atomic E-state index is 6.30. The van der Waals surface area contributed by atoms with Gasteiger partial charge in [-0.1, -0.05) is 48.5 Å². The lowest BCUT2D eigenvalue weighted by molar-refractivity contribution is 0.355. The van der Waals surface area contributed by atoms with E-state index in [0.717, 1.165) is 127 Å². The fraction of sp³-hybridized carbons (Fsp3) is 0.167. The average Bonchev–Trinajstić information content (AvgIpc) is 1.53. The van der Waals surface area contributed by atoms with E-state index in [1.807, 2.05) is 78.9 Å². The lowest BCUT2D eigenvalue weighted by Crippen LogP contribution is -2.32. The smallest absolute Gasteiger partial charge is 0.261 e. The standard InChI is InChI=1S/C78H68N6O8/c1-85-63-35-27-59(28-36-63)82(60-29-37-64(86-2)38-30-60)57-23-17-53(18-24-57)73-74(54-19-25-58(26-20-54)83(61-31-39-65(87-3)40-32-61)62-33-41-66(88-4)42-34-62)81-78(80-73)68-46-50-10-9-49-11-13-51(15-16-52(68)14-12-50)67(45-49)77-79-75(55-21-43-69(89-5)71(47-55)91-7)76(84(77)78)56-22-44-70(90-6)72(48-56)92-8/h11-14,17-48H,9-10,15-16H2,1-8H3. The second kappa shape index (κ2) is 24.6. The Labute approximate surface area is 535 Å². The largest absolute Gasteiger partial charge is 0.497 e. The second-order valence-electron chi connectivity index (χ2n) is 22.7. The number of fused-ring (bicyclic) bond motifs is 2. The Kier molecular flexibility index (Phi) is 15.6. The molecule has 1 aromatic heterocycles. The van der Waals surface area contributed by atoms with Gasteiger partial charge in [0.25, 0.3) is 5.79 Å². The fourth-order valence-electron chi connectivity index (χ4n) is 13.0. The number of rotatable bonds is 18. The van der Waals surface area contributed by atoms with Gasteiger partial charge < -0.3 is 47.7 Å². The van der Waals surface area contributed by atoms with Gasteiger partial charge in [-0.05, 0) is 218 Å². The van der Waals surface area contributed by atoms with Gasteiger partial charge in [0.05, 0.1) is 79.7 Å². The van der Waals surface area contributed by atoms with Crippen LogP contribution in [0.15, 0.2) is 228 Å². The molecule has 4 heterocycles. The monoisotopic (exact) mass is 1220 g/mol. The molecule has 0 saturated heterocycles. The van der Waals surface area contributed by atoms with Crippen molar-refractivity contribution in [2.45, 2.75) is 31.5 Å². The fourth-order valence-corrected chi connectivity index (χ4v) is 13.0. The predicted molar refractivity (Wildman–Crippen MR) is 365 cm³/mol. The normalized spacial score (nSPS) is 13.3. The van der Waals surface area contributed by atoms with Gasteiger partial charge in [-0.3, -0.25) is 4.57 Å². The van der Waals surface area contributed by atoms with Gasteiger partial charge in [-0.15, -0.1) is 0 Å². The van der Waals surface area contributed by atoms with Crippen LogP contribution in [0.3, 0.4) is 0 Å². The Morgan fingerprint density at radius 2 is 0.707 bits per heavy atom. The number of benzene rings is 10. The SMILES string of the molecule is COc1ccc(N(c2ccc(OC)cc2)c2ccc(C3=NC4(N=C3c3ccc(N(c5ccc(OC)cc5)c5ccc(OC)cc5)cc3)c3cc5ccc3CCc3ccc(cc3-c3nc(-c6ccc(OC)c(OC)c6)c(-c6ccc(OC)c(OC)c6)n34)CC5)cc2)cc1. The third-order valence-corrected chi connectivity index (χ3v) is 17.7. The first kappa shape index (κ1) is 58.4. The number of imidazole rings is 1. The number of aryl methyl sites for hydroxylation is 4. The lowest BCUT2D eigenvalue weighted by Gasteiger charge is -2.31. The van der Waals surface area contributed by atoms with Crippen LogP contribution in [0.1, 0.15) is 38.9 Å². The number of hydrogen-bond donors (Lipinski definition) is 0. The topological polar surface area (TPSA) is 123 Å². The van der Waals surface area contributed by atoms with Crippen molar-refractivity contribution in [3.05, 3.63) is 257 Å². The number of anilines is 6. The van der Waals surface area contributed by atoms with Gasteiger partial charge in [-0.2, -0.15) is 0 Å². The summed E-state index contributed by atoms with van der Waals surface area (Å²) >= 11 is 0. The van der Waals surface area contributed by atoms with Crippen LogP contribution in [0.4, 0.5) is 34.1 Å². The van der Waals surface area contributed by atoms with Crippen molar-refractivity contribution in [1.29, 1.82) is 0 Å². The molecule has 11 aromatic rings. The molecule has 14 nitrogen and oxygen atoms in total. The van der Waals surface area contributed by atoms with Crippen molar-refractivity contribution in [2.24, 2.45) is 9.98 Å². The average molecular weight is 1220 g/mol. The Balaban J connectivity index is 1.06. The summed E-state index contributed by atoms with van der Waals surface area (Å²) in [6.07, 6.45) is 3.09. The Morgan fingerprint density at radius 3 is 1.13 bits per heavy atom. The third-order valence-electron chi connectivity index (χ3n) is 17.7. The van der Waals surface area contributed by atoms with Crippen LogP contribution in [-0.2, 0) is 31.5 Å². The molecular formula is C78H68N6O8. The van der Waals surface area contributed by atoms with Crippen LogP contribution in [-0.4, -0.2) is 77.9 Å². The van der Waals surface area contributed by atoms with Crippen LogP contribution >= 0.6 is 0 Å². The zero-order valence-electron chi connectivity index (χ0n) is 52.6. The summed E-state index contributed by atoms with van der Waals surface area (Å²) in [7, 11) is 13.3. The van der Waals surface area contributed by atoms with E-state index in [9.17, 15) is 0 Å². The van der Waals surface area contributed by atoms with Gasteiger partial charge in [-0.25, -0.2) is 15.0 Å². The molecule has 0 N–H and O–H groups in total. The molecule has 0 saturated carbocycles. The second-order valence-corrected chi connectivity index (χ2v) is 22.7. The summed E-state index contributed by atoms with van der Waals surface area (Å²) < 4.78 is 48.8. The summed E-state index contributed by atoms with van der Waals surface area (Å²) in [6.45, 7) is 0. The molecular weight excluding hydrogens is 1150 g/mol. The highest BCUT2D eigenvalue weighted by atomic mass is 16.5. The van der Waals surface area contributed by atoms with Crippen LogP contribution in [0.5, 0.6) is 46.0 Å². The van der Waals surface area contributed by atoms with E-state index >= 15 is 0 Å². The molecule has 1 spiro atoms. The van der Waals surface area contributed by atoms with Crippen molar-refractivity contribution in [3.63, 3.8) is 0 Å². The van der Waals surface area contributed by atoms with Crippen molar-refractivity contribution in [2.75, 3.05) is 66.7 Å². The molecule has 14 rings (SSSR count). The first-order valence-corrected chi connectivity index (χ1v) is 30.5. The van der Waals surface area contributed by atoms with Crippen molar-refractivity contribution in [3.8, 4) is 79.9 Å². The minimum absolute atomic E-state index is 0.552. The molecule has 0 atom stereocenters. The molecule has 14 heteroatoms. The van der Waals surface area contributed by atoms with Gasteiger partial charge >= 0.3 is 0 Å². The minimum atomic E-state index is -1.54. The summed E-state index contributed by atoms with van der Waals surface area (Å²) in [5, 5.41) is 0. The molecule has 92 heavy (non-hydrogen) atoms. The highest BCUT2D eigenvalue weighted by Gasteiger charge is 2.47. The van der Waals surface area contributed by atoms with E-state index in [4.69, 9.17) is 52.9 Å². The third kappa shape index (κ3) is 10.5. The highest BCUT2D eigenvalue weighted by Crippen LogP contribution is 2.52. The van der Waals surface area contributed by atoms with E-state index < -0.39 is 5.79 Å².